The SMILES string of the molecule is Cc1cccc(C)c1Nc1ccc(NC(=O)c2ccc(C(F)(F)F)cc2)cn1. The highest BCUT2D eigenvalue weighted by atomic mass is 19.4. The minimum absolute atomic E-state index is 0.130. The van der Waals surface area contributed by atoms with E-state index in [2.05, 4.69) is 15.6 Å². The van der Waals surface area contributed by atoms with Crippen molar-refractivity contribution in [2.75, 3.05) is 10.6 Å². The van der Waals surface area contributed by atoms with E-state index in [1.54, 1.807) is 12.1 Å². The summed E-state index contributed by atoms with van der Waals surface area (Å²) in [5.74, 6) is 0.107. The first-order valence-corrected chi connectivity index (χ1v) is 8.52. The topological polar surface area (TPSA) is 54.0 Å². The highest BCUT2D eigenvalue weighted by molar-refractivity contribution is 6.04. The summed E-state index contributed by atoms with van der Waals surface area (Å²) in [6.45, 7) is 3.99. The van der Waals surface area contributed by atoms with Gasteiger partial charge in [0.25, 0.3) is 5.91 Å². The van der Waals surface area contributed by atoms with Crippen molar-refractivity contribution in [3.05, 3.63) is 83.0 Å². The molecule has 3 rings (SSSR count). The molecule has 0 saturated heterocycles. The summed E-state index contributed by atoms with van der Waals surface area (Å²) in [5, 5.41) is 5.86. The second-order valence-corrected chi connectivity index (χ2v) is 6.35. The average molecular weight is 385 g/mol. The van der Waals surface area contributed by atoms with Crippen molar-refractivity contribution < 1.29 is 18.0 Å². The third-order valence-corrected chi connectivity index (χ3v) is 4.23. The van der Waals surface area contributed by atoms with E-state index in [1.165, 1.54) is 6.20 Å². The molecule has 0 atom stereocenters. The summed E-state index contributed by atoms with van der Waals surface area (Å²) in [4.78, 5) is 16.5. The van der Waals surface area contributed by atoms with E-state index >= 15 is 0 Å². The number of hydrogen-bond donors (Lipinski definition) is 2. The Morgan fingerprint density at radius 1 is 0.929 bits per heavy atom. The van der Waals surface area contributed by atoms with E-state index < -0.39 is 17.6 Å². The van der Waals surface area contributed by atoms with E-state index in [-0.39, 0.29) is 5.56 Å². The van der Waals surface area contributed by atoms with E-state index in [9.17, 15) is 18.0 Å². The molecule has 4 nitrogen and oxygen atoms in total. The number of nitrogens with zero attached hydrogens (tertiary/aromatic N) is 1. The number of para-hydroxylation sites is 1. The maximum atomic E-state index is 12.6. The quantitative estimate of drug-likeness (QED) is 0.605. The monoisotopic (exact) mass is 385 g/mol. The van der Waals surface area contributed by atoms with Gasteiger partial charge in [-0.2, -0.15) is 13.2 Å². The van der Waals surface area contributed by atoms with Crippen LogP contribution in [0.3, 0.4) is 0 Å². The number of amides is 1. The number of carbonyl (C=O) groups is 1. The van der Waals surface area contributed by atoms with Gasteiger partial charge in [0.2, 0.25) is 0 Å². The number of pyridine rings is 1. The van der Waals surface area contributed by atoms with Gasteiger partial charge < -0.3 is 10.6 Å². The summed E-state index contributed by atoms with van der Waals surface area (Å²) in [6.07, 6.45) is -2.95. The largest absolute Gasteiger partial charge is 0.416 e. The van der Waals surface area contributed by atoms with E-state index in [4.69, 9.17) is 0 Å². The molecular weight excluding hydrogens is 367 g/mol. The summed E-state index contributed by atoms with van der Waals surface area (Å²) < 4.78 is 37.8. The molecule has 0 saturated carbocycles. The smallest absolute Gasteiger partial charge is 0.340 e. The van der Waals surface area contributed by atoms with Crippen molar-refractivity contribution in [2.45, 2.75) is 20.0 Å². The molecule has 0 radical (unpaired) electrons. The third kappa shape index (κ3) is 4.49. The molecule has 0 bridgehead atoms. The van der Waals surface area contributed by atoms with Crippen LogP contribution >= 0.6 is 0 Å². The van der Waals surface area contributed by atoms with Crippen molar-refractivity contribution in [1.82, 2.24) is 4.98 Å². The van der Waals surface area contributed by atoms with Gasteiger partial charge in [0.15, 0.2) is 0 Å². The Kier molecular flexibility index (Phi) is 5.35. The van der Waals surface area contributed by atoms with Crippen molar-refractivity contribution >= 4 is 23.1 Å². The molecule has 1 heterocycles. The first-order valence-electron chi connectivity index (χ1n) is 8.52. The second-order valence-electron chi connectivity index (χ2n) is 6.35. The van der Waals surface area contributed by atoms with Crippen LogP contribution in [0.5, 0.6) is 0 Å². The van der Waals surface area contributed by atoms with Gasteiger partial charge in [-0.3, -0.25) is 4.79 Å². The van der Waals surface area contributed by atoms with Gasteiger partial charge in [0, 0.05) is 11.3 Å². The fourth-order valence-corrected chi connectivity index (χ4v) is 2.70. The molecule has 0 spiro atoms. The number of aromatic nitrogens is 1. The fourth-order valence-electron chi connectivity index (χ4n) is 2.70. The van der Waals surface area contributed by atoms with Gasteiger partial charge >= 0.3 is 6.18 Å². The minimum Gasteiger partial charge on any atom is -0.340 e. The molecule has 7 heteroatoms. The summed E-state index contributed by atoms with van der Waals surface area (Å²) >= 11 is 0. The molecule has 2 N–H and O–H groups in total. The molecule has 0 unspecified atom stereocenters. The lowest BCUT2D eigenvalue weighted by molar-refractivity contribution is -0.137. The van der Waals surface area contributed by atoms with Crippen molar-refractivity contribution in [2.24, 2.45) is 0 Å². The van der Waals surface area contributed by atoms with Gasteiger partial charge in [0.05, 0.1) is 17.4 Å². The van der Waals surface area contributed by atoms with Crippen LogP contribution in [-0.2, 0) is 6.18 Å². The maximum absolute atomic E-state index is 12.6. The zero-order valence-electron chi connectivity index (χ0n) is 15.3. The van der Waals surface area contributed by atoms with Crippen LogP contribution in [0, 0.1) is 13.8 Å². The van der Waals surface area contributed by atoms with Crippen LogP contribution in [0.1, 0.15) is 27.0 Å². The maximum Gasteiger partial charge on any atom is 0.416 e. The molecule has 0 aliphatic rings. The Labute approximate surface area is 160 Å². The number of carbonyl (C=O) groups excluding carboxylic acids is 1. The molecule has 3 aromatic rings. The lowest BCUT2D eigenvalue weighted by Gasteiger charge is -2.12. The highest BCUT2D eigenvalue weighted by Gasteiger charge is 2.30. The predicted molar refractivity (Wildman–Crippen MR) is 103 cm³/mol. The number of anilines is 3. The lowest BCUT2D eigenvalue weighted by atomic mass is 10.1. The molecule has 0 aliphatic heterocycles. The molecule has 28 heavy (non-hydrogen) atoms. The van der Waals surface area contributed by atoms with Crippen LogP contribution in [0.25, 0.3) is 0 Å². The highest BCUT2D eigenvalue weighted by Crippen LogP contribution is 2.29. The average Bonchev–Trinajstić information content (AvgIpc) is 2.65. The zero-order chi connectivity index (χ0) is 20.3. The van der Waals surface area contributed by atoms with Crippen LogP contribution in [-0.4, -0.2) is 10.9 Å². The minimum atomic E-state index is -4.43. The summed E-state index contributed by atoms with van der Waals surface area (Å²) in [6, 6.07) is 13.4. The van der Waals surface area contributed by atoms with E-state index in [1.807, 2.05) is 32.0 Å². The zero-order valence-corrected chi connectivity index (χ0v) is 15.3. The van der Waals surface area contributed by atoms with E-state index in [0.717, 1.165) is 41.1 Å². The normalized spacial score (nSPS) is 11.2. The first-order chi connectivity index (χ1) is 13.2. The molecule has 0 aliphatic carbocycles. The number of nitrogens with one attached hydrogen (secondary N) is 2. The molecule has 144 valence electrons. The Morgan fingerprint density at radius 2 is 1.57 bits per heavy atom. The van der Waals surface area contributed by atoms with Crippen LogP contribution in [0.15, 0.2) is 60.8 Å². The Morgan fingerprint density at radius 3 is 2.11 bits per heavy atom. The number of alkyl halides is 3. The van der Waals surface area contributed by atoms with Crippen molar-refractivity contribution in [3.63, 3.8) is 0 Å². The molecular formula is C21H18F3N3O. The van der Waals surface area contributed by atoms with Gasteiger partial charge in [-0.25, -0.2) is 4.98 Å². The molecule has 0 fully saturated rings. The van der Waals surface area contributed by atoms with Crippen molar-refractivity contribution in [3.8, 4) is 0 Å². The predicted octanol–water partition coefficient (Wildman–Crippen LogP) is 5.71. The number of halogens is 3. The van der Waals surface area contributed by atoms with Gasteiger partial charge in [-0.1, -0.05) is 18.2 Å². The van der Waals surface area contributed by atoms with Crippen molar-refractivity contribution in [1.29, 1.82) is 0 Å². The molecule has 2 aromatic carbocycles. The van der Waals surface area contributed by atoms with Gasteiger partial charge in [-0.15, -0.1) is 0 Å². The molecule has 1 aromatic heterocycles. The van der Waals surface area contributed by atoms with Crippen LogP contribution in [0.2, 0.25) is 0 Å². The van der Waals surface area contributed by atoms with Crippen LogP contribution < -0.4 is 10.6 Å². The number of rotatable bonds is 4. The summed E-state index contributed by atoms with van der Waals surface area (Å²) in [7, 11) is 0. The number of aryl methyl sites for hydroxylation is 2. The Bertz CT molecular complexity index is 961. The van der Waals surface area contributed by atoms with Gasteiger partial charge in [-0.05, 0) is 61.4 Å². The summed E-state index contributed by atoms with van der Waals surface area (Å²) in [5.41, 5.74) is 2.91. The Balaban J connectivity index is 1.68. The lowest BCUT2D eigenvalue weighted by Crippen LogP contribution is -2.13. The first kappa shape index (κ1) is 19.4. The Hall–Kier alpha value is -3.35. The number of benzene rings is 2. The second kappa shape index (κ2) is 7.72. The van der Waals surface area contributed by atoms with Gasteiger partial charge in [0.1, 0.15) is 5.82 Å². The fraction of sp³-hybridized carbons (Fsp3) is 0.143. The third-order valence-electron chi connectivity index (χ3n) is 4.23. The van der Waals surface area contributed by atoms with Crippen LogP contribution in [0.4, 0.5) is 30.4 Å². The number of hydrogen-bond acceptors (Lipinski definition) is 3. The standard InChI is InChI=1S/C21H18F3N3O/c1-13-4-3-5-14(2)19(13)27-18-11-10-17(12-25-18)26-20(28)15-6-8-16(9-7-15)21(22,23)24/h3-12H,1-2H3,(H,25,27)(H,26,28). The molecule has 1 amide bonds. The van der Waals surface area contributed by atoms with E-state index in [0.29, 0.717) is 11.5 Å².